The van der Waals surface area contributed by atoms with E-state index in [-0.39, 0.29) is 0 Å². The molecule has 6 heteroatoms. The van der Waals surface area contributed by atoms with Gasteiger partial charge in [-0.1, -0.05) is 11.6 Å². The average molecular weight is 324 g/mol. The topological polar surface area (TPSA) is 67.6 Å². The number of fused-ring (bicyclic) bond motifs is 1. The zero-order valence-corrected chi connectivity index (χ0v) is 11.5. The minimum Gasteiger partial charge on any atom is -0.397 e. The van der Waals surface area contributed by atoms with Crippen LogP contribution in [0, 0.1) is 0 Å². The molecule has 0 spiro atoms. The number of nitrogen functional groups attached to an aromatic ring is 1. The van der Waals surface area contributed by atoms with Gasteiger partial charge in [0.25, 0.3) is 0 Å². The van der Waals surface area contributed by atoms with E-state index in [1.165, 1.54) is 0 Å². The van der Waals surface area contributed by atoms with Crippen LogP contribution in [-0.4, -0.2) is 15.0 Å². The lowest BCUT2D eigenvalue weighted by Crippen LogP contribution is -1.87. The SMILES string of the molecule is Nc1cc(Cl)cc2[nH]c(-c3ncccc3Br)nc12. The summed E-state index contributed by atoms with van der Waals surface area (Å²) in [7, 11) is 0. The Morgan fingerprint density at radius 3 is 2.94 bits per heavy atom. The van der Waals surface area contributed by atoms with Gasteiger partial charge < -0.3 is 10.7 Å². The zero-order valence-electron chi connectivity index (χ0n) is 9.11. The molecule has 18 heavy (non-hydrogen) atoms. The fraction of sp³-hybridized carbons (Fsp3) is 0. The van der Waals surface area contributed by atoms with E-state index in [0.29, 0.717) is 22.1 Å². The van der Waals surface area contributed by atoms with E-state index in [1.807, 2.05) is 12.1 Å². The summed E-state index contributed by atoms with van der Waals surface area (Å²) in [5.74, 6) is 0.659. The Balaban J connectivity index is 2.26. The number of hydrogen-bond donors (Lipinski definition) is 2. The lowest BCUT2D eigenvalue weighted by atomic mass is 10.3. The molecule has 2 aromatic heterocycles. The van der Waals surface area contributed by atoms with Crippen LogP contribution in [0.5, 0.6) is 0 Å². The molecule has 0 unspecified atom stereocenters. The number of rotatable bonds is 1. The molecule has 3 aromatic rings. The third kappa shape index (κ3) is 1.85. The van der Waals surface area contributed by atoms with Crippen molar-refractivity contribution in [3.05, 3.63) is 40.0 Å². The molecule has 0 saturated carbocycles. The predicted molar refractivity (Wildman–Crippen MR) is 76.4 cm³/mol. The maximum atomic E-state index is 5.96. The van der Waals surface area contributed by atoms with E-state index >= 15 is 0 Å². The molecule has 3 rings (SSSR count). The van der Waals surface area contributed by atoms with Gasteiger partial charge in [-0.2, -0.15) is 0 Å². The van der Waals surface area contributed by atoms with Crippen molar-refractivity contribution in [3.8, 4) is 11.5 Å². The van der Waals surface area contributed by atoms with E-state index in [1.54, 1.807) is 18.3 Å². The maximum absolute atomic E-state index is 5.96. The molecular weight excluding hydrogens is 316 g/mol. The third-order valence-corrected chi connectivity index (χ3v) is 3.42. The van der Waals surface area contributed by atoms with Crippen molar-refractivity contribution < 1.29 is 0 Å². The molecule has 0 bridgehead atoms. The number of nitrogens with one attached hydrogen (secondary N) is 1. The molecule has 0 aliphatic carbocycles. The van der Waals surface area contributed by atoms with Crippen molar-refractivity contribution in [2.45, 2.75) is 0 Å². The van der Waals surface area contributed by atoms with Crippen LogP contribution in [-0.2, 0) is 0 Å². The lowest BCUT2D eigenvalue weighted by molar-refractivity contribution is 1.22. The first kappa shape index (κ1) is 11.5. The molecule has 4 nitrogen and oxygen atoms in total. The van der Waals surface area contributed by atoms with Gasteiger partial charge >= 0.3 is 0 Å². The van der Waals surface area contributed by atoms with Gasteiger partial charge in [0.15, 0.2) is 5.82 Å². The number of nitrogens with two attached hydrogens (primary N) is 1. The Bertz CT molecular complexity index is 738. The van der Waals surface area contributed by atoms with E-state index in [9.17, 15) is 0 Å². The second-order valence-corrected chi connectivity index (χ2v) is 5.10. The fourth-order valence-corrected chi connectivity index (χ4v) is 2.45. The highest BCUT2D eigenvalue weighted by atomic mass is 79.9. The Morgan fingerprint density at radius 2 is 2.17 bits per heavy atom. The Labute approximate surface area is 116 Å². The smallest absolute Gasteiger partial charge is 0.158 e. The molecule has 0 saturated heterocycles. The first-order chi connectivity index (χ1) is 8.65. The van der Waals surface area contributed by atoms with Crippen LogP contribution >= 0.6 is 27.5 Å². The highest BCUT2D eigenvalue weighted by Crippen LogP contribution is 2.29. The standard InChI is InChI=1S/C12H8BrClN4/c13-7-2-1-3-16-10(7)12-17-9-5-6(14)4-8(15)11(9)18-12/h1-5H,15H2,(H,17,18). The highest BCUT2D eigenvalue weighted by Gasteiger charge is 2.11. The predicted octanol–water partition coefficient (Wildman–Crippen LogP) is 3.62. The number of hydrogen-bond acceptors (Lipinski definition) is 3. The van der Waals surface area contributed by atoms with Gasteiger partial charge in [0.1, 0.15) is 11.2 Å². The van der Waals surface area contributed by atoms with Gasteiger partial charge in [0.05, 0.1) is 11.2 Å². The first-order valence-corrected chi connectivity index (χ1v) is 6.38. The average Bonchev–Trinajstić information content (AvgIpc) is 2.73. The number of aromatic amines is 1. The molecule has 0 radical (unpaired) electrons. The third-order valence-electron chi connectivity index (χ3n) is 2.56. The molecule has 0 fully saturated rings. The molecule has 3 N–H and O–H groups in total. The molecule has 0 atom stereocenters. The number of halogens is 2. The van der Waals surface area contributed by atoms with Gasteiger partial charge in [-0.25, -0.2) is 4.98 Å². The van der Waals surface area contributed by atoms with E-state index in [4.69, 9.17) is 17.3 Å². The molecular formula is C12H8BrClN4. The maximum Gasteiger partial charge on any atom is 0.158 e. The molecule has 2 heterocycles. The summed E-state index contributed by atoms with van der Waals surface area (Å²) in [6, 6.07) is 7.23. The fourth-order valence-electron chi connectivity index (χ4n) is 1.78. The number of imidazole rings is 1. The number of aromatic nitrogens is 3. The van der Waals surface area contributed by atoms with Crippen LogP contribution in [0.4, 0.5) is 5.69 Å². The number of nitrogens with zero attached hydrogens (tertiary/aromatic N) is 2. The summed E-state index contributed by atoms with van der Waals surface area (Å²) in [4.78, 5) is 11.9. The van der Waals surface area contributed by atoms with Crippen LogP contribution in [0.15, 0.2) is 34.9 Å². The minimum absolute atomic E-state index is 0.548. The second-order valence-electron chi connectivity index (χ2n) is 3.81. The highest BCUT2D eigenvalue weighted by molar-refractivity contribution is 9.10. The zero-order chi connectivity index (χ0) is 12.7. The van der Waals surface area contributed by atoms with E-state index in [0.717, 1.165) is 15.7 Å². The van der Waals surface area contributed by atoms with Crippen LogP contribution in [0.25, 0.3) is 22.6 Å². The van der Waals surface area contributed by atoms with Gasteiger partial charge in [-0.05, 0) is 40.2 Å². The van der Waals surface area contributed by atoms with Crippen molar-refractivity contribution in [1.82, 2.24) is 15.0 Å². The lowest BCUT2D eigenvalue weighted by Gasteiger charge is -1.97. The summed E-state index contributed by atoms with van der Waals surface area (Å²) in [5.41, 5.74) is 8.68. The van der Waals surface area contributed by atoms with Crippen LogP contribution in [0.2, 0.25) is 5.02 Å². The van der Waals surface area contributed by atoms with Crippen LogP contribution in [0.1, 0.15) is 0 Å². The number of anilines is 1. The van der Waals surface area contributed by atoms with Crippen molar-refractivity contribution in [3.63, 3.8) is 0 Å². The van der Waals surface area contributed by atoms with Gasteiger partial charge in [-0.15, -0.1) is 0 Å². The van der Waals surface area contributed by atoms with Crippen molar-refractivity contribution in [2.24, 2.45) is 0 Å². The summed E-state index contributed by atoms with van der Waals surface area (Å²) in [5, 5.41) is 0.579. The van der Waals surface area contributed by atoms with Crippen molar-refractivity contribution >= 4 is 44.3 Å². The van der Waals surface area contributed by atoms with Crippen molar-refractivity contribution in [2.75, 3.05) is 5.73 Å². The Morgan fingerprint density at radius 1 is 1.33 bits per heavy atom. The minimum atomic E-state index is 0.548. The molecule has 90 valence electrons. The van der Waals surface area contributed by atoms with Crippen LogP contribution < -0.4 is 5.73 Å². The monoisotopic (exact) mass is 322 g/mol. The quantitative estimate of drug-likeness (QED) is 0.672. The van der Waals surface area contributed by atoms with Crippen molar-refractivity contribution in [1.29, 1.82) is 0 Å². The van der Waals surface area contributed by atoms with Crippen LogP contribution in [0.3, 0.4) is 0 Å². The summed E-state index contributed by atoms with van der Waals surface area (Å²) < 4.78 is 0.869. The molecule has 1 aromatic carbocycles. The number of H-pyrrole nitrogens is 1. The van der Waals surface area contributed by atoms with Gasteiger partial charge in [0, 0.05) is 15.7 Å². The second kappa shape index (κ2) is 4.26. The largest absolute Gasteiger partial charge is 0.397 e. The normalized spacial score (nSPS) is 11.0. The summed E-state index contributed by atoms with van der Waals surface area (Å²) >= 11 is 9.40. The Kier molecular flexibility index (Phi) is 2.72. The van der Waals surface area contributed by atoms with E-state index in [2.05, 4.69) is 30.9 Å². The summed E-state index contributed by atoms with van der Waals surface area (Å²) in [6.45, 7) is 0. The number of pyridine rings is 1. The first-order valence-electron chi connectivity index (χ1n) is 5.21. The summed E-state index contributed by atoms with van der Waals surface area (Å²) in [6.07, 6.45) is 1.71. The molecule has 0 amide bonds. The number of benzene rings is 1. The molecule has 0 aliphatic rings. The van der Waals surface area contributed by atoms with Gasteiger partial charge in [-0.3, -0.25) is 4.98 Å². The van der Waals surface area contributed by atoms with Gasteiger partial charge in [0.2, 0.25) is 0 Å². The van der Waals surface area contributed by atoms with E-state index < -0.39 is 0 Å². The molecule has 0 aliphatic heterocycles. The Hall–Kier alpha value is -1.59.